The third-order valence-corrected chi connectivity index (χ3v) is 3.66. The lowest BCUT2D eigenvalue weighted by Crippen LogP contribution is -2.48. The van der Waals surface area contributed by atoms with Gasteiger partial charge in [0.15, 0.2) is 0 Å². The van der Waals surface area contributed by atoms with Crippen molar-refractivity contribution in [3.8, 4) is 0 Å². The van der Waals surface area contributed by atoms with Crippen LogP contribution in [0, 0.1) is 0 Å². The van der Waals surface area contributed by atoms with Gasteiger partial charge < -0.3 is 15.4 Å². The van der Waals surface area contributed by atoms with Crippen molar-refractivity contribution in [3.63, 3.8) is 0 Å². The van der Waals surface area contributed by atoms with Crippen LogP contribution in [-0.2, 0) is 4.74 Å². The summed E-state index contributed by atoms with van der Waals surface area (Å²) in [5, 5.41) is 0. The predicted octanol–water partition coefficient (Wildman–Crippen LogP) is 2.32. The zero-order valence-electron chi connectivity index (χ0n) is 10.9. The maximum atomic E-state index is 5.71. The Labute approximate surface area is 114 Å². The molecule has 1 aromatic carbocycles. The van der Waals surface area contributed by atoms with Gasteiger partial charge in [0.1, 0.15) is 4.99 Å². The molecule has 2 N–H and O–H groups in total. The van der Waals surface area contributed by atoms with Gasteiger partial charge in [0.2, 0.25) is 0 Å². The van der Waals surface area contributed by atoms with Gasteiger partial charge >= 0.3 is 0 Å². The van der Waals surface area contributed by atoms with Gasteiger partial charge in [0.05, 0.1) is 18.8 Å². The van der Waals surface area contributed by atoms with Gasteiger partial charge in [-0.15, -0.1) is 0 Å². The summed E-state index contributed by atoms with van der Waals surface area (Å²) < 4.78 is 5.71. The van der Waals surface area contributed by atoms with E-state index in [1.54, 1.807) is 0 Å². The summed E-state index contributed by atoms with van der Waals surface area (Å²) in [6.45, 7) is 6.04. The van der Waals surface area contributed by atoms with Crippen molar-refractivity contribution in [3.05, 3.63) is 29.8 Å². The number of nitrogens with two attached hydrogens (primary N) is 1. The number of nitrogens with zero attached hydrogens (tertiary/aromatic N) is 1. The Hall–Kier alpha value is -1.13. The number of morpholine rings is 1. The van der Waals surface area contributed by atoms with Crippen LogP contribution in [-0.4, -0.2) is 30.3 Å². The molecular formula is C14H20N2OS. The molecule has 1 aliphatic rings. The lowest BCUT2D eigenvalue weighted by molar-refractivity contribution is 0.0299. The van der Waals surface area contributed by atoms with Crippen LogP contribution in [0.25, 0.3) is 0 Å². The molecule has 0 amide bonds. The number of hydrogen-bond acceptors (Lipinski definition) is 3. The Balaban J connectivity index is 2.20. The molecule has 0 radical (unpaired) electrons. The van der Waals surface area contributed by atoms with Gasteiger partial charge in [0, 0.05) is 17.8 Å². The van der Waals surface area contributed by atoms with Crippen LogP contribution in [0.2, 0.25) is 0 Å². The number of ether oxygens (including phenoxy) is 1. The molecule has 0 aromatic heterocycles. The number of benzene rings is 1. The van der Waals surface area contributed by atoms with E-state index in [0.29, 0.717) is 11.0 Å². The Kier molecular flexibility index (Phi) is 4.19. The van der Waals surface area contributed by atoms with E-state index in [2.05, 4.69) is 30.9 Å². The van der Waals surface area contributed by atoms with Crippen LogP contribution >= 0.6 is 12.2 Å². The van der Waals surface area contributed by atoms with Crippen LogP contribution in [0.4, 0.5) is 5.69 Å². The molecule has 3 nitrogen and oxygen atoms in total. The van der Waals surface area contributed by atoms with E-state index in [4.69, 9.17) is 22.7 Å². The molecule has 0 aliphatic carbocycles. The standard InChI is InChI=1S/C14H20N2OS/c1-3-12-9-17-10(2)8-16(12)13-6-4-11(5-7-13)14(15)18/h4-7,10,12H,3,8-9H2,1-2H3,(H2,15,18). The van der Waals surface area contributed by atoms with Crippen molar-refractivity contribution in [2.45, 2.75) is 32.4 Å². The fraction of sp³-hybridized carbons (Fsp3) is 0.500. The molecule has 4 heteroatoms. The molecule has 1 saturated heterocycles. The summed E-state index contributed by atoms with van der Waals surface area (Å²) in [6, 6.07) is 8.62. The highest BCUT2D eigenvalue weighted by molar-refractivity contribution is 7.80. The highest BCUT2D eigenvalue weighted by atomic mass is 32.1. The number of anilines is 1. The second-order valence-corrected chi connectivity index (χ2v) is 5.21. The second kappa shape index (κ2) is 5.67. The second-order valence-electron chi connectivity index (χ2n) is 4.77. The summed E-state index contributed by atoms with van der Waals surface area (Å²) in [4.78, 5) is 2.86. The molecule has 98 valence electrons. The van der Waals surface area contributed by atoms with E-state index in [0.717, 1.165) is 25.1 Å². The monoisotopic (exact) mass is 264 g/mol. The van der Waals surface area contributed by atoms with E-state index >= 15 is 0 Å². The smallest absolute Gasteiger partial charge is 0.103 e. The summed E-state index contributed by atoms with van der Waals surface area (Å²) in [5.74, 6) is 0. The SMILES string of the molecule is CCC1COC(C)CN1c1ccc(C(N)=S)cc1. The molecule has 0 spiro atoms. The third kappa shape index (κ3) is 2.82. The Morgan fingerprint density at radius 2 is 2.11 bits per heavy atom. The number of rotatable bonds is 3. The summed E-state index contributed by atoms with van der Waals surface area (Å²) >= 11 is 4.97. The summed E-state index contributed by atoms with van der Waals surface area (Å²) in [7, 11) is 0. The lowest BCUT2D eigenvalue weighted by atomic mass is 10.1. The highest BCUT2D eigenvalue weighted by Gasteiger charge is 2.25. The maximum absolute atomic E-state index is 5.71. The largest absolute Gasteiger partial charge is 0.389 e. The molecule has 2 unspecified atom stereocenters. The van der Waals surface area contributed by atoms with E-state index in [1.807, 2.05) is 12.1 Å². The minimum Gasteiger partial charge on any atom is -0.389 e. The molecule has 1 aromatic rings. The zero-order chi connectivity index (χ0) is 13.1. The van der Waals surface area contributed by atoms with Crippen molar-refractivity contribution in [2.75, 3.05) is 18.1 Å². The van der Waals surface area contributed by atoms with Crippen LogP contribution in [0.5, 0.6) is 0 Å². The lowest BCUT2D eigenvalue weighted by Gasteiger charge is -2.40. The first-order chi connectivity index (χ1) is 8.61. The Bertz CT molecular complexity index is 418. The van der Waals surface area contributed by atoms with Crippen molar-refractivity contribution in [1.82, 2.24) is 0 Å². The van der Waals surface area contributed by atoms with E-state index in [-0.39, 0.29) is 6.10 Å². The first-order valence-corrected chi connectivity index (χ1v) is 6.80. The van der Waals surface area contributed by atoms with Gasteiger partial charge in [-0.05, 0) is 37.6 Å². The van der Waals surface area contributed by atoms with Crippen molar-refractivity contribution >= 4 is 22.9 Å². The average Bonchev–Trinajstić information content (AvgIpc) is 2.39. The Morgan fingerprint density at radius 3 is 2.67 bits per heavy atom. The normalized spacial score (nSPS) is 24.0. The number of thiocarbonyl (C=S) groups is 1. The van der Waals surface area contributed by atoms with Crippen molar-refractivity contribution < 1.29 is 4.74 Å². The molecule has 2 rings (SSSR count). The van der Waals surface area contributed by atoms with E-state index in [9.17, 15) is 0 Å². The van der Waals surface area contributed by atoms with Crippen LogP contribution in [0.3, 0.4) is 0 Å². The van der Waals surface area contributed by atoms with Gasteiger partial charge in [0.25, 0.3) is 0 Å². The molecule has 1 heterocycles. The zero-order valence-corrected chi connectivity index (χ0v) is 11.7. The van der Waals surface area contributed by atoms with Gasteiger partial charge in [-0.25, -0.2) is 0 Å². The third-order valence-electron chi connectivity index (χ3n) is 3.42. The number of hydrogen-bond donors (Lipinski definition) is 1. The van der Waals surface area contributed by atoms with Crippen molar-refractivity contribution in [2.24, 2.45) is 5.73 Å². The molecule has 2 atom stereocenters. The highest BCUT2D eigenvalue weighted by Crippen LogP contribution is 2.23. The fourth-order valence-corrected chi connectivity index (χ4v) is 2.45. The predicted molar refractivity (Wildman–Crippen MR) is 79.2 cm³/mol. The van der Waals surface area contributed by atoms with Crippen molar-refractivity contribution in [1.29, 1.82) is 0 Å². The first-order valence-electron chi connectivity index (χ1n) is 6.40. The van der Waals surface area contributed by atoms with Crippen LogP contribution in [0.1, 0.15) is 25.8 Å². The molecule has 0 bridgehead atoms. The summed E-state index contributed by atoms with van der Waals surface area (Å²) in [6.07, 6.45) is 1.37. The first kappa shape index (κ1) is 13.3. The molecule has 18 heavy (non-hydrogen) atoms. The van der Waals surface area contributed by atoms with Gasteiger partial charge in [-0.3, -0.25) is 0 Å². The van der Waals surface area contributed by atoms with E-state index < -0.39 is 0 Å². The van der Waals surface area contributed by atoms with Crippen LogP contribution in [0.15, 0.2) is 24.3 Å². The van der Waals surface area contributed by atoms with E-state index in [1.165, 1.54) is 5.69 Å². The summed E-state index contributed by atoms with van der Waals surface area (Å²) in [5.41, 5.74) is 7.75. The molecule has 1 fully saturated rings. The van der Waals surface area contributed by atoms with Crippen LogP contribution < -0.4 is 10.6 Å². The molecular weight excluding hydrogens is 244 g/mol. The minimum atomic E-state index is 0.281. The quantitative estimate of drug-likeness (QED) is 0.850. The minimum absolute atomic E-state index is 0.281. The van der Waals surface area contributed by atoms with Gasteiger partial charge in [-0.1, -0.05) is 19.1 Å². The molecule has 0 saturated carbocycles. The fourth-order valence-electron chi connectivity index (χ4n) is 2.32. The topological polar surface area (TPSA) is 38.5 Å². The molecule has 1 aliphatic heterocycles. The average molecular weight is 264 g/mol. The van der Waals surface area contributed by atoms with Gasteiger partial charge in [-0.2, -0.15) is 0 Å². The Morgan fingerprint density at radius 1 is 1.44 bits per heavy atom. The maximum Gasteiger partial charge on any atom is 0.103 e.